The summed E-state index contributed by atoms with van der Waals surface area (Å²) in [6.45, 7) is 3.78. The van der Waals surface area contributed by atoms with E-state index in [4.69, 9.17) is 0 Å². The first-order chi connectivity index (χ1) is 10.3. The quantitative estimate of drug-likeness (QED) is 0.632. The van der Waals surface area contributed by atoms with Crippen LogP contribution in [0.3, 0.4) is 0 Å². The van der Waals surface area contributed by atoms with Gasteiger partial charge in [0.15, 0.2) is 5.78 Å². The second kappa shape index (κ2) is 7.00. The van der Waals surface area contributed by atoms with Crippen molar-refractivity contribution in [2.24, 2.45) is 0 Å². The summed E-state index contributed by atoms with van der Waals surface area (Å²) in [5.41, 5.74) is -0.0573. The minimum atomic E-state index is -4.41. The molecule has 1 atom stereocenters. The smallest absolute Gasteiger partial charge is 0.370 e. The molecule has 1 heterocycles. The van der Waals surface area contributed by atoms with E-state index in [2.05, 4.69) is 5.32 Å². The molecule has 1 aromatic carbocycles. The Morgan fingerprint density at radius 3 is 2.73 bits per heavy atom. The van der Waals surface area contributed by atoms with E-state index in [0.717, 1.165) is 17.9 Å². The molecule has 1 aromatic rings. The molecule has 7 heteroatoms. The number of ketones is 1. The van der Waals surface area contributed by atoms with Crippen LogP contribution in [-0.2, 0) is 11.0 Å². The van der Waals surface area contributed by atoms with Gasteiger partial charge in [-0.2, -0.15) is 13.2 Å². The van der Waals surface area contributed by atoms with E-state index in [-0.39, 0.29) is 11.0 Å². The molecular formula is C15H16F3NOS2. The Bertz CT molecular complexity index is 599. The fourth-order valence-corrected chi connectivity index (χ4v) is 3.69. The minimum absolute atomic E-state index is 0.131. The van der Waals surface area contributed by atoms with Crippen LogP contribution in [0.4, 0.5) is 13.2 Å². The second-order valence-electron chi connectivity index (χ2n) is 4.72. The van der Waals surface area contributed by atoms with Gasteiger partial charge < -0.3 is 5.32 Å². The SMILES string of the molecule is CCSCNC1=C(c2cccc(C(F)(F)F)c2)C(=O)C(C)S1. The standard InChI is InChI=1S/C15H16F3NOS2/c1-3-21-8-19-14-12(13(20)9(2)22-14)10-5-4-6-11(7-10)15(16,17)18/h4-7,9,19H,3,8H2,1-2H3. The number of carbonyl (C=O) groups excluding carboxylic acids is 1. The lowest BCUT2D eigenvalue weighted by Crippen LogP contribution is -2.12. The maximum atomic E-state index is 12.8. The first-order valence-electron chi connectivity index (χ1n) is 6.79. The Morgan fingerprint density at radius 1 is 1.36 bits per heavy atom. The molecule has 0 aliphatic carbocycles. The van der Waals surface area contributed by atoms with Gasteiger partial charge in [0.1, 0.15) is 0 Å². The number of nitrogens with one attached hydrogen (secondary N) is 1. The summed E-state index contributed by atoms with van der Waals surface area (Å²) in [6.07, 6.45) is -4.41. The third-order valence-electron chi connectivity index (χ3n) is 3.15. The number of alkyl halides is 3. The summed E-state index contributed by atoms with van der Waals surface area (Å²) in [4.78, 5) is 12.3. The Hall–Kier alpha value is -1.08. The Morgan fingerprint density at radius 2 is 2.09 bits per heavy atom. The first-order valence-corrected chi connectivity index (χ1v) is 8.82. The van der Waals surface area contributed by atoms with E-state index in [1.807, 2.05) is 6.92 Å². The molecule has 2 nitrogen and oxygen atoms in total. The van der Waals surface area contributed by atoms with Crippen molar-refractivity contribution in [3.05, 3.63) is 40.4 Å². The van der Waals surface area contributed by atoms with Gasteiger partial charge in [-0.25, -0.2) is 0 Å². The van der Waals surface area contributed by atoms with Gasteiger partial charge in [0, 0.05) is 0 Å². The number of carbonyl (C=O) groups is 1. The molecule has 0 amide bonds. The van der Waals surface area contributed by atoms with Gasteiger partial charge in [-0.3, -0.25) is 4.79 Å². The van der Waals surface area contributed by atoms with E-state index in [1.54, 1.807) is 24.8 Å². The molecule has 0 aromatic heterocycles. The van der Waals surface area contributed by atoms with E-state index in [1.165, 1.54) is 17.8 Å². The van der Waals surface area contributed by atoms with Crippen molar-refractivity contribution in [2.45, 2.75) is 25.3 Å². The largest absolute Gasteiger partial charge is 0.416 e. The number of rotatable bonds is 5. The number of Topliss-reactive ketones (excluding diaryl/α,β-unsaturated/α-hetero) is 1. The molecule has 2 rings (SSSR count). The van der Waals surface area contributed by atoms with Crippen LogP contribution in [0.25, 0.3) is 5.57 Å². The summed E-state index contributed by atoms with van der Waals surface area (Å²) in [6, 6.07) is 4.95. The average molecular weight is 347 g/mol. The Labute approximate surface area is 135 Å². The molecule has 0 radical (unpaired) electrons. The molecule has 0 spiro atoms. The molecule has 22 heavy (non-hydrogen) atoms. The highest BCUT2D eigenvalue weighted by atomic mass is 32.2. The van der Waals surface area contributed by atoms with Crippen LogP contribution in [0.2, 0.25) is 0 Å². The molecule has 0 saturated carbocycles. The minimum Gasteiger partial charge on any atom is -0.370 e. The third kappa shape index (κ3) is 3.81. The molecular weight excluding hydrogens is 331 g/mol. The first kappa shape index (κ1) is 17.3. The summed E-state index contributed by atoms with van der Waals surface area (Å²) >= 11 is 3.02. The van der Waals surface area contributed by atoms with Crippen LogP contribution in [0, 0.1) is 0 Å². The van der Waals surface area contributed by atoms with Crippen LogP contribution in [0.5, 0.6) is 0 Å². The normalized spacial score (nSPS) is 19.0. The van der Waals surface area contributed by atoms with Crippen molar-refractivity contribution in [3.63, 3.8) is 0 Å². The van der Waals surface area contributed by atoms with Crippen molar-refractivity contribution < 1.29 is 18.0 Å². The second-order valence-corrected chi connectivity index (χ2v) is 7.35. The predicted octanol–water partition coefficient (Wildman–Crippen LogP) is 4.38. The predicted molar refractivity (Wildman–Crippen MR) is 86.6 cm³/mol. The molecule has 120 valence electrons. The topological polar surface area (TPSA) is 29.1 Å². The van der Waals surface area contributed by atoms with Crippen LogP contribution < -0.4 is 5.32 Å². The van der Waals surface area contributed by atoms with Gasteiger partial charge in [-0.15, -0.1) is 11.8 Å². The van der Waals surface area contributed by atoms with Gasteiger partial charge in [0.2, 0.25) is 0 Å². The summed E-state index contributed by atoms with van der Waals surface area (Å²) in [7, 11) is 0. The van der Waals surface area contributed by atoms with Gasteiger partial charge in [0.05, 0.1) is 27.3 Å². The van der Waals surface area contributed by atoms with Crippen LogP contribution in [-0.4, -0.2) is 22.7 Å². The van der Waals surface area contributed by atoms with E-state index >= 15 is 0 Å². The van der Waals surface area contributed by atoms with E-state index in [9.17, 15) is 18.0 Å². The summed E-state index contributed by atoms with van der Waals surface area (Å²) in [5.74, 6) is 1.42. The molecule has 0 bridgehead atoms. The van der Waals surface area contributed by atoms with E-state index in [0.29, 0.717) is 22.0 Å². The molecule has 1 aliphatic heterocycles. The zero-order valence-corrected chi connectivity index (χ0v) is 13.8. The van der Waals surface area contributed by atoms with E-state index < -0.39 is 11.7 Å². The van der Waals surface area contributed by atoms with Gasteiger partial charge in [-0.05, 0) is 30.4 Å². The number of benzene rings is 1. The zero-order valence-electron chi connectivity index (χ0n) is 12.2. The fraction of sp³-hybridized carbons (Fsp3) is 0.400. The lowest BCUT2D eigenvalue weighted by molar-refractivity contribution is -0.137. The van der Waals surface area contributed by atoms with Gasteiger partial charge in [-0.1, -0.05) is 30.8 Å². The molecule has 1 unspecified atom stereocenters. The highest BCUT2D eigenvalue weighted by Crippen LogP contribution is 2.40. The highest BCUT2D eigenvalue weighted by Gasteiger charge is 2.34. The maximum absolute atomic E-state index is 12.8. The summed E-state index contributed by atoms with van der Waals surface area (Å²) < 4.78 is 38.5. The van der Waals surface area contributed by atoms with Crippen LogP contribution in [0.15, 0.2) is 29.3 Å². The Balaban J connectivity index is 2.37. The molecule has 0 saturated heterocycles. The van der Waals surface area contributed by atoms with Gasteiger partial charge >= 0.3 is 6.18 Å². The average Bonchev–Trinajstić information content (AvgIpc) is 2.74. The number of halogens is 3. The lowest BCUT2D eigenvalue weighted by atomic mass is 9.99. The zero-order chi connectivity index (χ0) is 16.3. The van der Waals surface area contributed by atoms with Crippen molar-refractivity contribution in [2.75, 3.05) is 11.6 Å². The fourth-order valence-electron chi connectivity index (χ4n) is 2.08. The van der Waals surface area contributed by atoms with Crippen LogP contribution in [0.1, 0.15) is 25.0 Å². The maximum Gasteiger partial charge on any atom is 0.416 e. The number of allylic oxidation sites excluding steroid dienone is 1. The van der Waals surface area contributed by atoms with Crippen molar-refractivity contribution in [1.29, 1.82) is 0 Å². The highest BCUT2D eigenvalue weighted by molar-refractivity contribution is 8.05. The van der Waals surface area contributed by atoms with Crippen LogP contribution >= 0.6 is 23.5 Å². The number of hydrogen-bond acceptors (Lipinski definition) is 4. The van der Waals surface area contributed by atoms with Crippen molar-refractivity contribution in [1.82, 2.24) is 5.32 Å². The monoisotopic (exact) mass is 347 g/mol. The molecule has 1 N–H and O–H groups in total. The summed E-state index contributed by atoms with van der Waals surface area (Å²) in [5, 5.41) is 3.54. The lowest BCUT2D eigenvalue weighted by Gasteiger charge is -2.11. The van der Waals surface area contributed by atoms with Gasteiger partial charge in [0.25, 0.3) is 0 Å². The number of thioether (sulfide) groups is 2. The van der Waals surface area contributed by atoms with Crippen molar-refractivity contribution >= 4 is 34.9 Å². The number of hydrogen-bond donors (Lipinski definition) is 1. The van der Waals surface area contributed by atoms with Crippen molar-refractivity contribution in [3.8, 4) is 0 Å². The molecule has 0 fully saturated rings. The third-order valence-corrected chi connectivity index (χ3v) is 5.06. The molecule has 1 aliphatic rings. The Kier molecular flexibility index (Phi) is 5.50.